The summed E-state index contributed by atoms with van der Waals surface area (Å²) in [5, 5.41) is 0.0704. The van der Waals surface area contributed by atoms with Gasteiger partial charge in [0.25, 0.3) is 10.0 Å². The molecule has 146 valence electrons. The lowest BCUT2D eigenvalue weighted by Gasteiger charge is -2.26. The van der Waals surface area contributed by atoms with Crippen molar-refractivity contribution in [3.05, 3.63) is 53.3 Å². The van der Waals surface area contributed by atoms with Crippen LogP contribution in [0, 0.1) is 5.82 Å². The number of nitrogens with one attached hydrogen (secondary N) is 1. The number of hydrogen-bond donors (Lipinski definition) is 1. The van der Waals surface area contributed by atoms with Crippen molar-refractivity contribution in [3.63, 3.8) is 0 Å². The Bertz CT molecular complexity index is 1050. The highest BCUT2D eigenvalue weighted by Crippen LogP contribution is 2.25. The third kappa shape index (κ3) is 4.43. The summed E-state index contributed by atoms with van der Waals surface area (Å²) in [5.74, 6) is -0.993. The van der Waals surface area contributed by atoms with Crippen molar-refractivity contribution in [2.24, 2.45) is 0 Å². The number of hydrogen-bond acceptors (Lipinski definition) is 4. The van der Waals surface area contributed by atoms with Gasteiger partial charge in [0, 0.05) is 18.1 Å². The lowest BCUT2D eigenvalue weighted by atomic mass is 10.2. The Hall–Kier alpha value is -1.68. The molecule has 1 aliphatic rings. The molecule has 1 heterocycles. The summed E-state index contributed by atoms with van der Waals surface area (Å²) >= 11 is 5.65. The Labute approximate surface area is 163 Å². The largest absolute Gasteiger partial charge is 0.279 e. The number of sulfonamides is 2. The summed E-state index contributed by atoms with van der Waals surface area (Å²) < 4.78 is 67.9. The van der Waals surface area contributed by atoms with Crippen LogP contribution in [-0.4, -0.2) is 34.2 Å². The molecule has 1 fully saturated rings. The second kappa shape index (κ2) is 7.75. The highest BCUT2D eigenvalue weighted by Gasteiger charge is 2.26. The van der Waals surface area contributed by atoms with E-state index in [-0.39, 0.29) is 15.6 Å². The van der Waals surface area contributed by atoms with Crippen LogP contribution in [-0.2, 0) is 20.0 Å². The number of halogens is 2. The number of rotatable bonds is 5. The third-order valence-electron chi connectivity index (χ3n) is 4.22. The van der Waals surface area contributed by atoms with Crippen LogP contribution in [0.25, 0.3) is 0 Å². The van der Waals surface area contributed by atoms with E-state index in [2.05, 4.69) is 4.72 Å². The van der Waals surface area contributed by atoms with Crippen molar-refractivity contribution >= 4 is 37.3 Å². The van der Waals surface area contributed by atoms with Crippen LogP contribution >= 0.6 is 11.6 Å². The molecule has 0 amide bonds. The third-order valence-corrected chi connectivity index (χ3v) is 7.77. The van der Waals surface area contributed by atoms with Crippen molar-refractivity contribution in [2.45, 2.75) is 29.1 Å². The smallest absolute Gasteiger partial charge is 0.264 e. The van der Waals surface area contributed by atoms with Crippen molar-refractivity contribution < 1.29 is 21.2 Å². The molecule has 0 radical (unpaired) electrons. The summed E-state index contributed by atoms with van der Waals surface area (Å²) in [6, 6.07) is 8.69. The van der Waals surface area contributed by atoms with Crippen LogP contribution in [0.1, 0.15) is 19.3 Å². The highest BCUT2D eigenvalue weighted by molar-refractivity contribution is 7.92. The Morgan fingerprint density at radius 1 is 0.963 bits per heavy atom. The maximum atomic E-state index is 14.0. The summed E-state index contributed by atoms with van der Waals surface area (Å²) in [7, 11) is -7.95. The topological polar surface area (TPSA) is 83.5 Å². The minimum absolute atomic E-state index is 0.0128. The van der Waals surface area contributed by atoms with Gasteiger partial charge in [-0.2, -0.15) is 4.31 Å². The molecule has 0 atom stereocenters. The first-order chi connectivity index (χ1) is 12.7. The molecule has 6 nitrogen and oxygen atoms in total. The van der Waals surface area contributed by atoms with Crippen molar-refractivity contribution in [1.29, 1.82) is 0 Å². The van der Waals surface area contributed by atoms with Gasteiger partial charge >= 0.3 is 0 Å². The van der Waals surface area contributed by atoms with E-state index in [1.165, 1.54) is 34.6 Å². The quantitative estimate of drug-likeness (QED) is 0.784. The molecule has 0 bridgehead atoms. The molecule has 27 heavy (non-hydrogen) atoms. The van der Waals surface area contributed by atoms with Crippen molar-refractivity contribution in [1.82, 2.24) is 4.31 Å². The lowest BCUT2D eigenvalue weighted by Crippen LogP contribution is -2.35. The molecule has 0 aromatic heterocycles. The average molecular weight is 433 g/mol. The SMILES string of the molecule is O=S(=O)(Nc1cccc(S(=O)(=O)N2CCCCC2)c1)c1ccc(Cl)cc1F. The number of anilines is 1. The van der Waals surface area contributed by atoms with Gasteiger partial charge in [-0.3, -0.25) is 4.72 Å². The van der Waals surface area contributed by atoms with E-state index in [0.717, 1.165) is 31.4 Å². The number of piperidine rings is 1. The zero-order chi connectivity index (χ0) is 19.7. The van der Waals surface area contributed by atoms with E-state index in [1.807, 2.05) is 0 Å². The van der Waals surface area contributed by atoms with Crippen LogP contribution in [0.3, 0.4) is 0 Å². The van der Waals surface area contributed by atoms with E-state index in [9.17, 15) is 21.2 Å². The van der Waals surface area contributed by atoms with Gasteiger partial charge in [-0.15, -0.1) is 0 Å². The van der Waals surface area contributed by atoms with Crippen LogP contribution in [0.15, 0.2) is 52.3 Å². The monoisotopic (exact) mass is 432 g/mol. The predicted molar refractivity (Wildman–Crippen MR) is 101 cm³/mol. The van der Waals surface area contributed by atoms with Gasteiger partial charge in [0.15, 0.2) is 0 Å². The molecule has 2 aromatic rings. The molecule has 3 rings (SSSR count). The van der Waals surface area contributed by atoms with Gasteiger partial charge in [0.05, 0.1) is 10.6 Å². The fourth-order valence-electron chi connectivity index (χ4n) is 2.88. The van der Waals surface area contributed by atoms with Gasteiger partial charge in [0.1, 0.15) is 10.7 Å². The molecule has 0 saturated carbocycles. The summed E-state index contributed by atoms with van der Waals surface area (Å²) in [5.41, 5.74) is 0.0300. The van der Waals surface area contributed by atoms with E-state index in [4.69, 9.17) is 11.6 Å². The molecule has 0 unspecified atom stereocenters. The van der Waals surface area contributed by atoms with Gasteiger partial charge in [-0.05, 0) is 49.2 Å². The molecule has 0 spiro atoms. The Kier molecular flexibility index (Phi) is 5.76. The van der Waals surface area contributed by atoms with Gasteiger partial charge in [0.2, 0.25) is 10.0 Å². The van der Waals surface area contributed by atoms with E-state index in [1.54, 1.807) is 0 Å². The molecule has 2 aromatic carbocycles. The Morgan fingerprint density at radius 3 is 2.33 bits per heavy atom. The Balaban J connectivity index is 1.89. The average Bonchev–Trinajstić information content (AvgIpc) is 2.62. The minimum Gasteiger partial charge on any atom is -0.279 e. The first-order valence-electron chi connectivity index (χ1n) is 8.28. The van der Waals surface area contributed by atoms with Crippen LogP contribution in [0.4, 0.5) is 10.1 Å². The van der Waals surface area contributed by atoms with Gasteiger partial charge in [-0.25, -0.2) is 21.2 Å². The van der Waals surface area contributed by atoms with Gasteiger partial charge in [-0.1, -0.05) is 24.1 Å². The van der Waals surface area contributed by atoms with Crippen LogP contribution < -0.4 is 4.72 Å². The van der Waals surface area contributed by atoms with Crippen molar-refractivity contribution in [3.8, 4) is 0 Å². The van der Waals surface area contributed by atoms with Crippen LogP contribution in [0.2, 0.25) is 5.02 Å². The molecule has 1 aliphatic heterocycles. The lowest BCUT2D eigenvalue weighted by molar-refractivity contribution is 0.346. The molecule has 1 saturated heterocycles. The Morgan fingerprint density at radius 2 is 1.67 bits per heavy atom. The van der Waals surface area contributed by atoms with Gasteiger partial charge < -0.3 is 0 Å². The maximum Gasteiger partial charge on any atom is 0.264 e. The first-order valence-corrected chi connectivity index (χ1v) is 11.6. The summed E-state index contributed by atoms with van der Waals surface area (Å²) in [6.45, 7) is 0.878. The maximum absolute atomic E-state index is 14.0. The molecule has 1 N–H and O–H groups in total. The highest BCUT2D eigenvalue weighted by atomic mass is 35.5. The fraction of sp³-hybridized carbons (Fsp3) is 0.294. The minimum atomic E-state index is -4.24. The number of nitrogens with zero attached hydrogens (tertiary/aromatic N) is 1. The van der Waals surface area contributed by atoms with Crippen LogP contribution in [0.5, 0.6) is 0 Å². The van der Waals surface area contributed by atoms with E-state index < -0.39 is 30.8 Å². The second-order valence-corrected chi connectivity index (χ2v) is 10.2. The first kappa shape index (κ1) is 20.1. The fourth-order valence-corrected chi connectivity index (χ4v) is 5.71. The van der Waals surface area contributed by atoms with E-state index in [0.29, 0.717) is 13.1 Å². The van der Waals surface area contributed by atoms with E-state index >= 15 is 0 Å². The normalized spacial score (nSPS) is 16.2. The molecular weight excluding hydrogens is 415 g/mol. The predicted octanol–water partition coefficient (Wildman–Crippen LogP) is 3.45. The molecule has 10 heteroatoms. The summed E-state index contributed by atoms with van der Waals surface area (Å²) in [6.07, 6.45) is 2.57. The standard InChI is InChI=1S/C17H18ClFN2O4S2/c18-13-7-8-17(16(19)11-13)26(22,23)20-14-5-4-6-15(12-14)27(24,25)21-9-2-1-3-10-21/h4-8,11-12,20H,1-3,9-10H2. The number of benzene rings is 2. The zero-order valence-corrected chi connectivity index (χ0v) is 16.6. The summed E-state index contributed by atoms with van der Waals surface area (Å²) in [4.78, 5) is -0.586. The molecule has 0 aliphatic carbocycles. The second-order valence-electron chi connectivity index (χ2n) is 6.17. The zero-order valence-electron chi connectivity index (χ0n) is 14.2. The van der Waals surface area contributed by atoms with Crippen molar-refractivity contribution in [2.75, 3.05) is 17.8 Å². The molecular formula is C17H18ClFN2O4S2.